The van der Waals surface area contributed by atoms with Gasteiger partial charge in [0.15, 0.2) is 5.58 Å². The lowest BCUT2D eigenvalue weighted by molar-refractivity contribution is -0.106. The highest BCUT2D eigenvalue weighted by molar-refractivity contribution is 5.89. The Morgan fingerprint density at radius 1 is 1.20 bits per heavy atom. The van der Waals surface area contributed by atoms with Gasteiger partial charge in [-0.1, -0.05) is 0 Å². The SMILES string of the molecule is CCOc1cc2c3c(c1)nc(-c1ccc4oc(N)nc4c1)n3CCCCO2.NC=O. The van der Waals surface area contributed by atoms with E-state index in [0.717, 1.165) is 58.8 Å². The number of rotatable bonds is 3. The summed E-state index contributed by atoms with van der Waals surface area (Å²) in [4.78, 5) is 17.7. The van der Waals surface area contributed by atoms with E-state index in [1.54, 1.807) is 0 Å². The lowest BCUT2D eigenvalue weighted by atomic mass is 10.2. The number of imidazole rings is 1. The van der Waals surface area contributed by atoms with E-state index in [4.69, 9.17) is 29.4 Å². The van der Waals surface area contributed by atoms with Gasteiger partial charge in [0.2, 0.25) is 6.41 Å². The summed E-state index contributed by atoms with van der Waals surface area (Å²) in [7, 11) is 0. The van der Waals surface area contributed by atoms with Gasteiger partial charge in [-0.05, 0) is 38.0 Å². The van der Waals surface area contributed by atoms with Gasteiger partial charge in [-0.3, -0.25) is 4.79 Å². The lowest BCUT2D eigenvalue weighted by Crippen LogP contribution is -2.09. The number of benzene rings is 2. The van der Waals surface area contributed by atoms with Gasteiger partial charge in [0.25, 0.3) is 6.01 Å². The summed E-state index contributed by atoms with van der Waals surface area (Å²) >= 11 is 0. The van der Waals surface area contributed by atoms with Crippen molar-refractivity contribution in [3.8, 4) is 22.9 Å². The van der Waals surface area contributed by atoms with Gasteiger partial charge in [0.05, 0.1) is 18.7 Å². The Morgan fingerprint density at radius 2 is 2.03 bits per heavy atom. The Bertz CT molecular complexity index is 1200. The number of hydrogen-bond acceptors (Lipinski definition) is 7. The molecule has 4 aromatic rings. The number of aryl methyl sites for hydroxylation is 1. The van der Waals surface area contributed by atoms with Gasteiger partial charge in [-0.2, -0.15) is 4.98 Å². The fourth-order valence-electron chi connectivity index (χ4n) is 3.64. The van der Waals surface area contributed by atoms with E-state index in [-0.39, 0.29) is 12.4 Å². The third-order valence-corrected chi connectivity index (χ3v) is 4.79. The van der Waals surface area contributed by atoms with Crippen LogP contribution in [0.3, 0.4) is 0 Å². The quantitative estimate of drug-likeness (QED) is 0.497. The van der Waals surface area contributed by atoms with Crippen LogP contribution < -0.4 is 20.9 Å². The largest absolute Gasteiger partial charge is 0.494 e. The Hall–Kier alpha value is -3.75. The molecule has 0 saturated carbocycles. The summed E-state index contributed by atoms with van der Waals surface area (Å²) in [6, 6.07) is 9.93. The number of ether oxygens (including phenoxy) is 2. The molecule has 2 aromatic heterocycles. The van der Waals surface area contributed by atoms with Crippen molar-refractivity contribution in [3.63, 3.8) is 0 Å². The summed E-state index contributed by atoms with van der Waals surface area (Å²) in [5.41, 5.74) is 14.1. The number of fused-ring (bicyclic) bond motifs is 1. The molecular weight excluding hydrogens is 386 g/mol. The molecule has 1 amide bonds. The molecule has 0 fully saturated rings. The van der Waals surface area contributed by atoms with E-state index < -0.39 is 0 Å². The number of nitrogens with two attached hydrogens (primary N) is 2. The molecule has 1 aliphatic rings. The number of aromatic nitrogens is 3. The van der Waals surface area contributed by atoms with E-state index in [9.17, 15) is 0 Å². The van der Waals surface area contributed by atoms with Crippen molar-refractivity contribution >= 4 is 34.6 Å². The lowest BCUT2D eigenvalue weighted by Gasteiger charge is -2.17. The maximum Gasteiger partial charge on any atom is 0.292 e. The van der Waals surface area contributed by atoms with Crippen LogP contribution in [0.1, 0.15) is 19.8 Å². The molecule has 9 heteroatoms. The van der Waals surface area contributed by atoms with Crippen LogP contribution in [0, 0.1) is 0 Å². The maximum absolute atomic E-state index is 8.58. The fraction of sp³-hybridized carbons (Fsp3) is 0.286. The van der Waals surface area contributed by atoms with Crippen molar-refractivity contribution < 1.29 is 18.7 Å². The summed E-state index contributed by atoms with van der Waals surface area (Å²) < 4.78 is 19.3. The molecule has 0 spiro atoms. The number of carbonyl (C=O) groups is 1. The van der Waals surface area contributed by atoms with Crippen molar-refractivity contribution in [2.75, 3.05) is 18.9 Å². The Balaban J connectivity index is 0.000000687. The first-order valence-corrected chi connectivity index (χ1v) is 9.76. The predicted molar refractivity (Wildman–Crippen MR) is 113 cm³/mol. The van der Waals surface area contributed by atoms with Gasteiger partial charge < -0.3 is 29.9 Å². The molecule has 0 aliphatic carbocycles. The van der Waals surface area contributed by atoms with E-state index in [1.165, 1.54) is 0 Å². The van der Waals surface area contributed by atoms with E-state index in [1.807, 2.05) is 37.3 Å². The number of primary amides is 1. The van der Waals surface area contributed by atoms with Crippen LogP contribution in [0.2, 0.25) is 0 Å². The average Bonchev–Trinajstić information content (AvgIpc) is 3.25. The molecule has 3 heterocycles. The van der Waals surface area contributed by atoms with Crippen molar-refractivity contribution in [3.05, 3.63) is 30.3 Å². The number of nitrogens with zero attached hydrogens (tertiary/aromatic N) is 3. The van der Waals surface area contributed by atoms with Gasteiger partial charge in [-0.15, -0.1) is 0 Å². The van der Waals surface area contributed by atoms with Crippen LogP contribution in [0.5, 0.6) is 11.5 Å². The second-order valence-electron chi connectivity index (χ2n) is 6.74. The highest BCUT2D eigenvalue weighted by Gasteiger charge is 2.20. The zero-order valence-corrected chi connectivity index (χ0v) is 16.6. The van der Waals surface area contributed by atoms with E-state index in [0.29, 0.717) is 18.8 Å². The van der Waals surface area contributed by atoms with Crippen molar-refractivity contribution in [2.45, 2.75) is 26.3 Å². The van der Waals surface area contributed by atoms with Gasteiger partial charge in [0.1, 0.15) is 28.4 Å². The molecule has 0 atom stereocenters. The number of carbonyl (C=O) groups excluding carboxylic acids is 1. The van der Waals surface area contributed by atoms with Crippen LogP contribution >= 0.6 is 0 Å². The third kappa shape index (κ3) is 3.61. The molecule has 0 saturated heterocycles. The van der Waals surface area contributed by atoms with Gasteiger partial charge in [0, 0.05) is 24.2 Å². The molecule has 9 nitrogen and oxygen atoms in total. The monoisotopic (exact) mass is 409 g/mol. The number of anilines is 1. The molecule has 2 aromatic carbocycles. The molecule has 1 aliphatic heterocycles. The van der Waals surface area contributed by atoms with Gasteiger partial charge in [-0.25, -0.2) is 4.98 Å². The van der Waals surface area contributed by atoms with E-state index >= 15 is 0 Å². The molecule has 156 valence electrons. The van der Waals surface area contributed by atoms with E-state index in [2.05, 4.69) is 15.3 Å². The third-order valence-electron chi connectivity index (χ3n) is 4.79. The average molecular weight is 409 g/mol. The Morgan fingerprint density at radius 3 is 2.83 bits per heavy atom. The Kier molecular flexibility index (Phi) is 5.42. The number of oxazole rings is 1. The molecule has 0 radical (unpaired) electrons. The summed E-state index contributed by atoms with van der Waals surface area (Å²) in [6.45, 7) is 4.16. The minimum atomic E-state index is 0.169. The molecule has 4 N–H and O–H groups in total. The summed E-state index contributed by atoms with van der Waals surface area (Å²) in [6.07, 6.45) is 2.28. The standard InChI is InChI=1S/C20H20N4O3.CH3NO/c1-2-25-13-10-15-18-17(11-13)26-8-4-3-7-24(18)19(22-15)12-5-6-16-14(9-12)23-20(21)27-16;2-1-3/h5-6,9-11H,2-4,7-8H2,1H3,(H2,21,23);1H,(H2,2,3). The molecule has 30 heavy (non-hydrogen) atoms. The highest BCUT2D eigenvalue weighted by Crippen LogP contribution is 2.37. The second-order valence-corrected chi connectivity index (χ2v) is 6.74. The first-order chi connectivity index (χ1) is 14.6. The zero-order chi connectivity index (χ0) is 21.1. The first-order valence-electron chi connectivity index (χ1n) is 9.76. The van der Waals surface area contributed by atoms with Crippen LogP contribution in [0.15, 0.2) is 34.7 Å². The van der Waals surface area contributed by atoms with Crippen LogP contribution in [-0.4, -0.2) is 34.2 Å². The predicted octanol–water partition coefficient (Wildman–Crippen LogP) is 3.10. The van der Waals surface area contributed by atoms with Crippen molar-refractivity contribution in [1.82, 2.24) is 14.5 Å². The minimum absolute atomic E-state index is 0.169. The number of amides is 1. The van der Waals surface area contributed by atoms with Crippen LogP contribution in [0.4, 0.5) is 6.01 Å². The summed E-state index contributed by atoms with van der Waals surface area (Å²) in [5.74, 6) is 2.48. The first kappa shape index (κ1) is 19.6. The molecular formula is C21H23N5O4. The topological polar surface area (TPSA) is 131 Å². The van der Waals surface area contributed by atoms with Crippen LogP contribution in [0.25, 0.3) is 33.5 Å². The fourth-order valence-corrected chi connectivity index (χ4v) is 3.64. The molecule has 0 unspecified atom stereocenters. The smallest absolute Gasteiger partial charge is 0.292 e. The van der Waals surface area contributed by atoms with Crippen molar-refractivity contribution in [1.29, 1.82) is 0 Å². The highest BCUT2D eigenvalue weighted by atomic mass is 16.5. The maximum atomic E-state index is 8.58. The van der Waals surface area contributed by atoms with Crippen LogP contribution in [-0.2, 0) is 11.3 Å². The number of hydrogen-bond donors (Lipinski definition) is 2. The van der Waals surface area contributed by atoms with Crippen molar-refractivity contribution in [2.24, 2.45) is 5.73 Å². The zero-order valence-electron chi connectivity index (χ0n) is 16.6. The Labute approximate surface area is 172 Å². The molecule has 0 bridgehead atoms. The molecule has 5 rings (SSSR count). The van der Waals surface area contributed by atoms with Gasteiger partial charge >= 0.3 is 0 Å². The normalized spacial score (nSPS) is 13.1. The number of nitrogen functional groups attached to an aromatic ring is 1. The second kappa shape index (κ2) is 8.32. The minimum Gasteiger partial charge on any atom is -0.494 e. The summed E-state index contributed by atoms with van der Waals surface area (Å²) in [5, 5.41) is 0.